The highest BCUT2D eigenvalue weighted by Gasteiger charge is 2.31. The lowest BCUT2D eigenvalue weighted by Gasteiger charge is -2.24. The highest BCUT2D eigenvalue weighted by atomic mass is 16.6. The highest BCUT2D eigenvalue weighted by molar-refractivity contribution is 5.93. The number of hydrogen-bond acceptors (Lipinski definition) is 10. The molecule has 208 valence electrons. The Morgan fingerprint density at radius 1 is 1.18 bits per heavy atom. The average molecular weight is 531 g/mol. The fourth-order valence-electron chi connectivity index (χ4n) is 3.68. The lowest BCUT2D eigenvalue weighted by Crippen LogP contribution is -2.51. The fourth-order valence-corrected chi connectivity index (χ4v) is 3.68. The molecule has 38 heavy (non-hydrogen) atoms. The van der Waals surface area contributed by atoms with Gasteiger partial charge in [-0.15, -0.1) is 0 Å². The van der Waals surface area contributed by atoms with Gasteiger partial charge in [0.1, 0.15) is 18.2 Å². The Balaban J connectivity index is 1.40. The molecule has 0 radical (unpaired) electrons. The summed E-state index contributed by atoms with van der Waals surface area (Å²) >= 11 is 0. The van der Waals surface area contributed by atoms with E-state index in [9.17, 15) is 14.4 Å². The lowest BCUT2D eigenvalue weighted by atomic mass is 10.1. The Bertz CT molecular complexity index is 1010. The highest BCUT2D eigenvalue weighted by Crippen LogP contribution is 2.15. The quantitative estimate of drug-likeness (QED) is 0.235. The standard InChI is InChI=1S/C26H38N6O6/c1-26(2,3)37-23(34)20(31-25(35)36-17-18-9-5-4-6-10-18)16-30-22(33)21-15-19(32-38-21)11-7-8-12-27-24-28-13-14-29-24/h4-6,9-10,20-21H,7-8,11-17H2,1-3H3,(H,30,33)(H,31,35)(H2,27,28,29). The monoisotopic (exact) mass is 530 g/mol. The minimum absolute atomic E-state index is 0.0395. The maximum Gasteiger partial charge on any atom is 0.408 e. The van der Waals surface area contributed by atoms with Crippen LogP contribution >= 0.6 is 0 Å². The Labute approximate surface area is 222 Å². The Hall–Kier alpha value is -3.83. The van der Waals surface area contributed by atoms with Crippen molar-refractivity contribution in [3.05, 3.63) is 35.9 Å². The second-order valence-corrected chi connectivity index (χ2v) is 10.0. The van der Waals surface area contributed by atoms with Crippen LogP contribution in [0.25, 0.3) is 0 Å². The van der Waals surface area contributed by atoms with E-state index in [1.165, 1.54) is 0 Å². The Morgan fingerprint density at radius 3 is 2.68 bits per heavy atom. The van der Waals surface area contributed by atoms with Crippen molar-refractivity contribution in [3.63, 3.8) is 0 Å². The molecule has 2 amide bonds. The first-order valence-electron chi connectivity index (χ1n) is 12.9. The third-order valence-electron chi connectivity index (χ3n) is 5.56. The van der Waals surface area contributed by atoms with E-state index in [-0.39, 0.29) is 13.2 Å². The van der Waals surface area contributed by atoms with Gasteiger partial charge in [0.25, 0.3) is 5.91 Å². The molecule has 0 fully saturated rings. The van der Waals surface area contributed by atoms with Crippen LogP contribution in [0, 0.1) is 0 Å². The van der Waals surface area contributed by atoms with Crippen molar-refractivity contribution < 1.29 is 28.7 Å². The molecule has 0 aromatic heterocycles. The number of alkyl carbamates (subject to hydrolysis) is 1. The number of nitrogens with one attached hydrogen (secondary N) is 4. The molecule has 2 aliphatic rings. The van der Waals surface area contributed by atoms with Crippen LogP contribution < -0.4 is 21.3 Å². The number of benzene rings is 1. The van der Waals surface area contributed by atoms with Crippen LogP contribution in [0.4, 0.5) is 4.79 Å². The van der Waals surface area contributed by atoms with Crippen molar-refractivity contribution >= 4 is 29.6 Å². The van der Waals surface area contributed by atoms with E-state index in [4.69, 9.17) is 14.3 Å². The first-order chi connectivity index (χ1) is 18.2. The summed E-state index contributed by atoms with van der Waals surface area (Å²) in [4.78, 5) is 47.3. The number of guanidine groups is 1. The number of aliphatic imine (C=N–C) groups is 1. The molecule has 12 heteroatoms. The zero-order chi connectivity index (χ0) is 27.4. The molecule has 0 saturated heterocycles. The van der Waals surface area contributed by atoms with E-state index in [0.717, 1.165) is 56.1 Å². The number of rotatable bonds is 12. The maximum absolute atomic E-state index is 12.7. The van der Waals surface area contributed by atoms with Gasteiger partial charge < -0.3 is 35.6 Å². The van der Waals surface area contributed by atoms with Gasteiger partial charge in [0.15, 0.2) is 5.96 Å². The largest absolute Gasteiger partial charge is 0.458 e. The smallest absolute Gasteiger partial charge is 0.408 e. The summed E-state index contributed by atoms with van der Waals surface area (Å²) in [7, 11) is 0. The number of ether oxygens (including phenoxy) is 2. The van der Waals surface area contributed by atoms with Gasteiger partial charge in [0.2, 0.25) is 6.10 Å². The molecular weight excluding hydrogens is 492 g/mol. The van der Waals surface area contributed by atoms with Gasteiger partial charge in [0.05, 0.1) is 12.3 Å². The molecule has 2 aliphatic heterocycles. The number of carbonyl (C=O) groups excluding carboxylic acids is 3. The zero-order valence-corrected chi connectivity index (χ0v) is 22.2. The summed E-state index contributed by atoms with van der Waals surface area (Å²) in [5.74, 6) is -0.276. The molecule has 3 rings (SSSR count). The molecular formula is C26H38N6O6. The van der Waals surface area contributed by atoms with Crippen LogP contribution in [0.1, 0.15) is 52.0 Å². The number of hydrogen-bond donors (Lipinski definition) is 4. The minimum Gasteiger partial charge on any atom is -0.458 e. The molecule has 2 atom stereocenters. The molecule has 0 bridgehead atoms. The van der Waals surface area contributed by atoms with Crippen molar-refractivity contribution in [2.75, 3.05) is 26.2 Å². The van der Waals surface area contributed by atoms with Gasteiger partial charge in [-0.1, -0.05) is 35.5 Å². The molecule has 0 spiro atoms. The van der Waals surface area contributed by atoms with Crippen molar-refractivity contribution in [2.24, 2.45) is 10.1 Å². The summed E-state index contributed by atoms with van der Waals surface area (Å²) in [6.45, 7) is 7.47. The van der Waals surface area contributed by atoms with Crippen molar-refractivity contribution in [3.8, 4) is 0 Å². The third-order valence-corrected chi connectivity index (χ3v) is 5.56. The minimum atomic E-state index is -1.14. The van der Waals surface area contributed by atoms with Gasteiger partial charge in [-0.25, -0.2) is 9.59 Å². The van der Waals surface area contributed by atoms with Crippen LogP contribution in [0.5, 0.6) is 0 Å². The zero-order valence-electron chi connectivity index (χ0n) is 22.2. The van der Waals surface area contributed by atoms with Crippen LogP contribution in [0.3, 0.4) is 0 Å². The summed E-state index contributed by atoms with van der Waals surface area (Å²) in [6, 6.07) is 8.01. The van der Waals surface area contributed by atoms with Crippen LogP contribution in [0.15, 0.2) is 40.5 Å². The fraction of sp³-hybridized carbons (Fsp3) is 0.577. The summed E-state index contributed by atoms with van der Waals surface area (Å²) in [6.07, 6.45) is 1.33. The second-order valence-electron chi connectivity index (χ2n) is 10.0. The summed E-state index contributed by atoms with van der Waals surface area (Å²) < 4.78 is 10.6. The molecule has 0 saturated carbocycles. The van der Waals surface area contributed by atoms with E-state index in [1.54, 1.807) is 20.8 Å². The van der Waals surface area contributed by atoms with Crippen molar-refractivity contribution in [1.29, 1.82) is 0 Å². The maximum atomic E-state index is 12.7. The molecule has 1 aromatic rings. The van der Waals surface area contributed by atoms with Crippen LogP contribution in [-0.4, -0.2) is 73.6 Å². The predicted molar refractivity (Wildman–Crippen MR) is 141 cm³/mol. The van der Waals surface area contributed by atoms with E-state index >= 15 is 0 Å². The Morgan fingerprint density at radius 2 is 1.97 bits per heavy atom. The van der Waals surface area contributed by atoms with Gasteiger partial charge in [-0.3, -0.25) is 9.79 Å². The third kappa shape index (κ3) is 10.3. The number of nitrogens with zero attached hydrogens (tertiary/aromatic N) is 2. The van der Waals surface area contributed by atoms with E-state index < -0.39 is 35.7 Å². The number of oxime groups is 1. The number of esters is 1. The van der Waals surface area contributed by atoms with Gasteiger partial charge in [0, 0.05) is 26.1 Å². The van der Waals surface area contributed by atoms with E-state index in [1.807, 2.05) is 30.3 Å². The number of carbonyl (C=O) groups is 3. The predicted octanol–water partition coefficient (Wildman–Crippen LogP) is 1.60. The van der Waals surface area contributed by atoms with Crippen LogP contribution in [-0.2, 0) is 30.5 Å². The van der Waals surface area contributed by atoms with E-state index in [2.05, 4.69) is 31.4 Å². The normalized spacial score (nSPS) is 17.3. The van der Waals surface area contributed by atoms with Gasteiger partial charge >= 0.3 is 12.1 Å². The van der Waals surface area contributed by atoms with Gasteiger partial charge in [-0.2, -0.15) is 0 Å². The average Bonchev–Trinajstić information content (AvgIpc) is 3.57. The SMILES string of the molecule is CC(C)(C)OC(=O)C(CNC(=O)C1CC(CCCCNC2=NCCN2)=NO1)NC(=O)OCc1ccccc1. The first kappa shape index (κ1) is 28.7. The number of unbranched alkanes of at least 4 members (excludes halogenated alkanes) is 1. The lowest BCUT2D eigenvalue weighted by molar-refractivity contribution is -0.157. The van der Waals surface area contributed by atoms with Crippen LogP contribution in [0.2, 0.25) is 0 Å². The molecule has 4 N–H and O–H groups in total. The second kappa shape index (κ2) is 14.2. The summed E-state index contributed by atoms with van der Waals surface area (Å²) in [5.41, 5.74) is 0.839. The Kier molecular flexibility index (Phi) is 10.7. The molecule has 2 unspecified atom stereocenters. The summed E-state index contributed by atoms with van der Waals surface area (Å²) in [5, 5.41) is 15.6. The molecule has 2 heterocycles. The van der Waals surface area contributed by atoms with E-state index in [0.29, 0.717) is 6.42 Å². The number of amides is 2. The molecule has 0 aliphatic carbocycles. The molecule has 12 nitrogen and oxygen atoms in total. The van der Waals surface area contributed by atoms with Crippen molar-refractivity contribution in [2.45, 2.75) is 70.8 Å². The first-order valence-corrected chi connectivity index (χ1v) is 12.9. The molecule has 1 aromatic carbocycles. The topological polar surface area (TPSA) is 152 Å². The van der Waals surface area contributed by atoms with Crippen molar-refractivity contribution in [1.82, 2.24) is 21.3 Å². The van der Waals surface area contributed by atoms with Gasteiger partial charge in [-0.05, 0) is 45.6 Å².